The van der Waals surface area contributed by atoms with E-state index < -0.39 is 0 Å². The van der Waals surface area contributed by atoms with Gasteiger partial charge in [0.05, 0.1) is 5.41 Å². The van der Waals surface area contributed by atoms with E-state index in [9.17, 15) is 9.59 Å². The van der Waals surface area contributed by atoms with Crippen molar-refractivity contribution in [2.75, 3.05) is 13.1 Å². The second kappa shape index (κ2) is 7.10. The average Bonchev–Trinajstić information content (AvgIpc) is 2.99. The summed E-state index contributed by atoms with van der Waals surface area (Å²) in [6, 6.07) is 3.96. The molecule has 1 unspecified atom stereocenters. The summed E-state index contributed by atoms with van der Waals surface area (Å²) in [5, 5.41) is 0. The van der Waals surface area contributed by atoms with Gasteiger partial charge in [-0.05, 0) is 56.2 Å². The number of hydrogen-bond acceptors (Lipinski definition) is 3. The summed E-state index contributed by atoms with van der Waals surface area (Å²) in [6.45, 7) is 4.28. The molecule has 0 N–H and O–H groups in total. The van der Waals surface area contributed by atoms with Crippen molar-refractivity contribution in [2.45, 2.75) is 64.0 Å². The first kappa shape index (κ1) is 18.2. The van der Waals surface area contributed by atoms with Crippen molar-refractivity contribution < 1.29 is 9.59 Å². The van der Waals surface area contributed by atoms with E-state index in [-0.39, 0.29) is 16.9 Å². The molecule has 1 aromatic heterocycles. The van der Waals surface area contributed by atoms with E-state index in [1.807, 2.05) is 12.1 Å². The third-order valence-corrected chi connectivity index (χ3v) is 6.86. The SMILES string of the molecule is CC1(C(=O)N2CCC3(CCC(=O)N3Cc3ccncc3)CC2)CC=CCC1. The first-order valence-electron chi connectivity index (χ1n) is 10.2. The number of carbonyl (C=O) groups is 2. The summed E-state index contributed by atoms with van der Waals surface area (Å²) in [6.07, 6.45) is 14.0. The third-order valence-electron chi connectivity index (χ3n) is 6.86. The van der Waals surface area contributed by atoms with E-state index >= 15 is 0 Å². The van der Waals surface area contributed by atoms with Gasteiger partial charge < -0.3 is 9.80 Å². The first-order chi connectivity index (χ1) is 13.0. The van der Waals surface area contributed by atoms with Crippen LogP contribution in [0.15, 0.2) is 36.7 Å². The number of pyridine rings is 1. The van der Waals surface area contributed by atoms with Crippen LogP contribution in [0.5, 0.6) is 0 Å². The number of likely N-dealkylation sites (tertiary alicyclic amines) is 2. The molecule has 1 aromatic rings. The van der Waals surface area contributed by atoms with E-state index in [0.717, 1.165) is 57.2 Å². The maximum absolute atomic E-state index is 13.1. The van der Waals surface area contributed by atoms with Gasteiger partial charge in [-0.3, -0.25) is 14.6 Å². The van der Waals surface area contributed by atoms with Crippen molar-refractivity contribution in [3.63, 3.8) is 0 Å². The Morgan fingerprint density at radius 1 is 1.11 bits per heavy atom. The van der Waals surface area contributed by atoms with Crippen LogP contribution in [0.25, 0.3) is 0 Å². The maximum atomic E-state index is 13.1. The monoisotopic (exact) mass is 367 g/mol. The Hall–Kier alpha value is -2.17. The Morgan fingerprint density at radius 2 is 1.85 bits per heavy atom. The molecule has 0 saturated carbocycles. The second-order valence-electron chi connectivity index (χ2n) is 8.63. The Kier molecular flexibility index (Phi) is 4.79. The van der Waals surface area contributed by atoms with E-state index in [4.69, 9.17) is 0 Å². The minimum atomic E-state index is -0.249. The Labute approximate surface area is 161 Å². The van der Waals surface area contributed by atoms with Gasteiger partial charge in [0.25, 0.3) is 0 Å². The van der Waals surface area contributed by atoms with E-state index in [1.54, 1.807) is 12.4 Å². The van der Waals surface area contributed by atoms with Gasteiger partial charge in [0.15, 0.2) is 0 Å². The minimum Gasteiger partial charge on any atom is -0.342 e. The van der Waals surface area contributed by atoms with E-state index in [0.29, 0.717) is 18.9 Å². The van der Waals surface area contributed by atoms with E-state index in [1.165, 1.54) is 0 Å². The van der Waals surface area contributed by atoms with Gasteiger partial charge in [0.2, 0.25) is 11.8 Å². The molecule has 3 heterocycles. The molecular formula is C22H29N3O2. The van der Waals surface area contributed by atoms with Crippen LogP contribution in [0.4, 0.5) is 0 Å². The molecule has 4 rings (SSSR count). The van der Waals surface area contributed by atoms with Crippen LogP contribution in [-0.4, -0.2) is 45.2 Å². The first-order valence-corrected chi connectivity index (χ1v) is 10.2. The molecule has 1 spiro atoms. The molecule has 144 valence electrons. The van der Waals surface area contributed by atoms with Crippen molar-refractivity contribution >= 4 is 11.8 Å². The molecule has 2 aliphatic heterocycles. The summed E-state index contributed by atoms with van der Waals surface area (Å²) < 4.78 is 0. The molecule has 27 heavy (non-hydrogen) atoms. The van der Waals surface area contributed by atoms with Crippen LogP contribution in [0.1, 0.15) is 57.4 Å². The molecule has 1 aliphatic carbocycles. The van der Waals surface area contributed by atoms with Gasteiger partial charge in [-0.1, -0.05) is 19.1 Å². The molecule has 0 radical (unpaired) electrons. The predicted molar refractivity (Wildman–Crippen MR) is 104 cm³/mol. The smallest absolute Gasteiger partial charge is 0.228 e. The number of hydrogen-bond donors (Lipinski definition) is 0. The summed E-state index contributed by atoms with van der Waals surface area (Å²) in [5.74, 6) is 0.544. The summed E-state index contributed by atoms with van der Waals surface area (Å²) >= 11 is 0. The predicted octanol–water partition coefficient (Wildman–Crippen LogP) is 3.31. The van der Waals surface area contributed by atoms with Crippen LogP contribution >= 0.6 is 0 Å². The number of rotatable bonds is 3. The van der Waals surface area contributed by atoms with Crippen molar-refractivity contribution in [2.24, 2.45) is 5.41 Å². The second-order valence-corrected chi connectivity index (χ2v) is 8.63. The maximum Gasteiger partial charge on any atom is 0.228 e. The average molecular weight is 367 g/mol. The largest absolute Gasteiger partial charge is 0.342 e. The standard InChI is InChI=1S/C22H29N3O2/c1-21(8-3-2-4-9-21)20(27)24-15-11-22(12-16-24)10-5-19(26)25(22)17-18-6-13-23-14-7-18/h2-3,6-7,13-14H,4-5,8-12,15-17H2,1H3. The topological polar surface area (TPSA) is 53.5 Å². The van der Waals surface area contributed by atoms with Crippen LogP contribution in [-0.2, 0) is 16.1 Å². The molecule has 2 saturated heterocycles. The van der Waals surface area contributed by atoms with Crippen LogP contribution in [0.2, 0.25) is 0 Å². The molecule has 1 atom stereocenters. The highest BCUT2D eigenvalue weighted by Crippen LogP contribution is 2.42. The van der Waals surface area contributed by atoms with Gasteiger partial charge in [0.1, 0.15) is 0 Å². The molecule has 5 nitrogen and oxygen atoms in total. The van der Waals surface area contributed by atoms with Crippen LogP contribution in [0, 0.1) is 5.41 Å². The Bertz CT molecular complexity index is 737. The zero-order valence-corrected chi connectivity index (χ0v) is 16.2. The molecule has 3 aliphatic rings. The number of allylic oxidation sites excluding steroid dienone is 2. The number of carbonyl (C=O) groups excluding carboxylic acids is 2. The fourth-order valence-corrected chi connectivity index (χ4v) is 4.99. The highest BCUT2D eigenvalue weighted by molar-refractivity contribution is 5.83. The summed E-state index contributed by atoms with van der Waals surface area (Å²) in [7, 11) is 0. The van der Waals surface area contributed by atoms with Crippen molar-refractivity contribution in [3.8, 4) is 0 Å². The lowest BCUT2D eigenvalue weighted by atomic mass is 9.76. The van der Waals surface area contributed by atoms with Crippen LogP contribution in [0.3, 0.4) is 0 Å². The van der Waals surface area contributed by atoms with Gasteiger partial charge in [-0.25, -0.2) is 0 Å². The highest BCUT2D eigenvalue weighted by atomic mass is 16.2. The zero-order valence-electron chi connectivity index (χ0n) is 16.2. The Morgan fingerprint density at radius 3 is 2.52 bits per heavy atom. The number of amides is 2. The number of nitrogens with zero attached hydrogens (tertiary/aromatic N) is 3. The summed E-state index contributed by atoms with van der Waals surface area (Å²) in [5.41, 5.74) is 0.797. The zero-order chi connectivity index (χ0) is 18.9. The molecule has 2 fully saturated rings. The molecule has 0 aromatic carbocycles. The fraction of sp³-hybridized carbons (Fsp3) is 0.591. The van der Waals surface area contributed by atoms with Crippen molar-refractivity contribution in [1.82, 2.24) is 14.8 Å². The van der Waals surface area contributed by atoms with Crippen LogP contribution < -0.4 is 0 Å². The highest BCUT2D eigenvalue weighted by Gasteiger charge is 2.48. The van der Waals surface area contributed by atoms with E-state index in [2.05, 4.69) is 33.9 Å². The van der Waals surface area contributed by atoms with Crippen molar-refractivity contribution in [1.29, 1.82) is 0 Å². The molecule has 0 bridgehead atoms. The van der Waals surface area contributed by atoms with Gasteiger partial charge in [-0.2, -0.15) is 0 Å². The number of piperidine rings is 1. The lowest BCUT2D eigenvalue weighted by molar-refractivity contribution is -0.145. The quantitative estimate of drug-likeness (QED) is 0.770. The molecule has 5 heteroatoms. The minimum absolute atomic E-state index is 0.0789. The molecular weight excluding hydrogens is 338 g/mol. The molecule has 2 amide bonds. The lowest BCUT2D eigenvalue weighted by Gasteiger charge is -2.47. The Balaban J connectivity index is 1.44. The fourth-order valence-electron chi connectivity index (χ4n) is 4.99. The summed E-state index contributed by atoms with van der Waals surface area (Å²) in [4.78, 5) is 33.9. The van der Waals surface area contributed by atoms with Gasteiger partial charge in [-0.15, -0.1) is 0 Å². The number of aromatic nitrogens is 1. The normalized spacial score (nSPS) is 27.4. The lowest BCUT2D eigenvalue weighted by Crippen LogP contribution is -2.55. The van der Waals surface area contributed by atoms with Gasteiger partial charge in [0, 0.05) is 44.0 Å². The van der Waals surface area contributed by atoms with Crippen molar-refractivity contribution in [3.05, 3.63) is 42.2 Å². The third kappa shape index (κ3) is 3.40. The van der Waals surface area contributed by atoms with Gasteiger partial charge >= 0.3 is 0 Å².